The largest absolute Gasteiger partial charge is 0.309 e. The van der Waals surface area contributed by atoms with Crippen LogP contribution < -0.4 is 5.32 Å². The molecule has 0 saturated heterocycles. The number of rotatable bonds is 4. The molecule has 1 aromatic carbocycles. The number of halogens is 2. The molecule has 2 rings (SSSR count). The molecule has 4 heteroatoms. The van der Waals surface area contributed by atoms with Crippen LogP contribution in [0, 0.1) is 0 Å². The van der Waals surface area contributed by atoms with E-state index in [1.165, 1.54) is 5.56 Å². The Morgan fingerprint density at radius 2 is 1.71 bits per heavy atom. The van der Waals surface area contributed by atoms with Crippen LogP contribution in [0.25, 0.3) is 0 Å². The van der Waals surface area contributed by atoms with Gasteiger partial charge in [-0.2, -0.15) is 0 Å². The number of aromatic nitrogens is 1. The Hall–Kier alpha value is -1.09. The van der Waals surface area contributed by atoms with Gasteiger partial charge in [0.25, 0.3) is 0 Å². The van der Waals surface area contributed by atoms with Crippen LogP contribution in [0.3, 0.4) is 0 Å². The first-order valence-electron chi connectivity index (χ1n) is 5.19. The highest BCUT2D eigenvalue weighted by molar-refractivity contribution is 6.31. The molecule has 90 valence electrons. The van der Waals surface area contributed by atoms with E-state index in [2.05, 4.69) is 10.3 Å². The average Bonchev–Trinajstić information content (AvgIpc) is 2.33. The van der Waals surface area contributed by atoms with E-state index in [1.54, 1.807) is 12.4 Å². The van der Waals surface area contributed by atoms with Gasteiger partial charge in [-0.15, -0.1) is 12.4 Å². The summed E-state index contributed by atoms with van der Waals surface area (Å²) in [6.07, 6.45) is 3.60. The Kier molecular flexibility index (Phi) is 5.98. The number of nitrogens with zero attached hydrogens (tertiary/aromatic N) is 1. The molecule has 0 aliphatic rings. The number of hydrogen-bond donors (Lipinski definition) is 1. The lowest BCUT2D eigenvalue weighted by Gasteiger charge is -2.06. The molecule has 0 bridgehead atoms. The van der Waals surface area contributed by atoms with E-state index in [0.717, 1.165) is 23.7 Å². The maximum atomic E-state index is 6.06. The van der Waals surface area contributed by atoms with Gasteiger partial charge >= 0.3 is 0 Å². The Bertz CT molecular complexity index is 446. The van der Waals surface area contributed by atoms with Crippen molar-refractivity contribution in [3.8, 4) is 0 Å². The summed E-state index contributed by atoms with van der Waals surface area (Å²) in [4.78, 5) is 3.98. The van der Waals surface area contributed by atoms with Gasteiger partial charge < -0.3 is 5.32 Å². The maximum Gasteiger partial charge on any atom is 0.0450 e. The lowest BCUT2D eigenvalue weighted by molar-refractivity contribution is 0.693. The summed E-state index contributed by atoms with van der Waals surface area (Å²) in [7, 11) is 0. The molecule has 0 atom stereocenters. The van der Waals surface area contributed by atoms with Crippen molar-refractivity contribution in [3.05, 3.63) is 64.9 Å². The minimum Gasteiger partial charge on any atom is -0.309 e. The quantitative estimate of drug-likeness (QED) is 0.919. The van der Waals surface area contributed by atoms with Gasteiger partial charge in [-0.25, -0.2) is 0 Å². The molecule has 0 aliphatic carbocycles. The smallest absolute Gasteiger partial charge is 0.0450 e. The highest BCUT2D eigenvalue weighted by atomic mass is 35.5. The normalized spacial score (nSPS) is 9.71. The third-order valence-electron chi connectivity index (χ3n) is 2.35. The van der Waals surface area contributed by atoms with Crippen LogP contribution in [0.5, 0.6) is 0 Å². The molecule has 0 saturated carbocycles. The lowest BCUT2D eigenvalue weighted by Crippen LogP contribution is -2.12. The first-order chi connectivity index (χ1) is 7.86. The summed E-state index contributed by atoms with van der Waals surface area (Å²) in [6, 6.07) is 11.9. The summed E-state index contributed by atoms with van der Waals surface area (Å²) >= 11 is 6.06. The van der Waals surface area contributed by atoms with Crippen molar-refractivity contribution in [2.24, 2.45) is 0 Å². The highest BCUT2D eigenvalue weighted by Gasteiger charge is 1.97. The maximum absolute atomic E-state index is 6.06. The lowest BCUT2D eigenvalue weighted by atomic mass is 10.2. The monoisotopic (exact) mass is 268 g/mol. The molecule has 1 N–H and O–H groups in total. The summed E-state index contributed by atoms with van der Waals surface area (Å²) in [5.74, 6) is 0. The molecule has 0 spiro atoms. The number of nitrogens with one attached hydrogen (secondary N) is 1. The zero-order valence-corrected chi connectivity index (χ0v) is 10.8. The van der Waals surface area contributed by atoms with E-state index >= 15 is 0 Å². The van der Waals surface area contributed by atoms with Crippen molar-refractivity contribution in [3.63, 3.8) is 0 Å². The summed E-state index contributed by atoms with van der Waals surface area (Å²) in [6.45, 7) is 1.61. The molecule has 2 aromatic rings. The standard InChI is InChI=1S/C13H13ClN2.ClH/c14-13-4-2-1-3-12(13)10-16-9-11-5-7-15-8-6-11;/h1-8,16H,9-10H2;1H. The molecule has 0 fully saturated rings. The zero-order chi connectivity index (χ0) is 11.2. The molecule has 17 heavy (non-hydrogen) atoms. The Labute approximate surface area is 112 Å². The van der Waals surface area contributed by atoms with E-state index in [4.69, 9.17) is 11.6 Å². The fourth-order valence-corrected chi connectivity index (χ4v) is 1.69. The second-order valence-electron chi connectivity index (χ2n) is 3.55. The van der Waals surface area contributed by atoms with Crippen LogP contribution in [0.4, 0.5) is 0 Å². The minimum absolute atomic E-state index is 0. The van der Waals surface area contributed by atoms with Crippen molar-refractivity contribution in [2.45, 2.75) is 13.1 Å². The van der Waals surface area contributed by atoms with Gasteiger partial charge in [-0.3, -0.25) is 4.98 Å². The van der Waals surface area contributed by atoms with Crippen LogP contribution in [0.15, 0.2) is 48.8 Å². The van der Waals surface area contributed by atoms with E-state index in [1.807, 2.05) is 36.4 Å². The van der Waals surface area contributed by atoms with Gasteiger partial charge in [-0.05, 0) is 29.3 Å². The predicted octanol–water partition coefficient (Wildman–Crippen LogP) is 3.45. The molecule has 2 nitrogen and oxygen atoms in total. The van der Waals surface area contributed by atoms with Gasteiger partial charge in [0.15, 0.2) is 0 Å². The van der Waals surface area contributed by atoms with Crippen LogP contribution >= 0.6 is 24.0 Å². The highest BCUT2D eigenvalue weighted by Crippen LogP contribution is 2.14. The van der Waals surface area contributed by atoms with Crippen LogP contribution in [0.1, 0.15) is 11.1 Å². The predicted molar refractivity (Wildman–Crippen MR) is 73.5 cm³/mol. The topological polar surface area (TPSA) is 24.9 Å². The Balaban J connectivity index is 0.00000144. The number of benzene rings is 1. The summed E-state index contributed by atoms with van der Waals surface area (Å²) in [5.41, 5.74) is 2.35. The van der Waals surface area contributed by atoms with E-state index < -0.39 is 0 Å². The zero-order valence-electron chi connectivity index (χ0n) is 9.27. The fourth-order valence-electron chi connectivity index (χ4n) is 1.48. The van der Waals surface area contributed by atoms with Crippen molar-refractivity contribution < 1.29 is 0 Å². The second-order valence-corrected chi connectivity index (χ2v) is 3.96. The number of hydrogen-bond acceptors (Lipinski definition) is 2. The second kappa shape index (κ2) is 7.28. The SMILES string of the molecule is Cl.Clc1ccccc1CNCc1ccncc1. The van der Waals surface area contributed by atoms with Gasteiger partial charge in [0.2, 0.25) is 0 Å². The number of pyridine rings is 1. The Morgan fingerprint density at radius 3 is 2.41 bits per heavy atom. The van der Waals surface area contributed by atoms with Gasteiger partial charge in [-0.1, -0.05) is 29.8 Å². The average molecular weight is 269 g/mol. The first kappa shape index (κ1) is 14.0. The molecule has 1 aromatic heterocycles. The summed E-state index contributed by atoms with van der Waals surface area (Å²) < 4.78 is 0. The molecule has 1 heterocycles. The minimum atomic E-state index is 0. The van der Waals surface area contributed by atoms with Gasteiger partial charge in [0.05, 0.1) is 0 Å². The van der Waals surface area contributed by atoms with Gasteiger partial charge in [0, 0.05) is 30.5 Å². The van der Waals surface area contributed by atoms with E-state index in [9.17, 15) is 0 Å². The molecular weight excluding hydrogens is 255 g/mol. The van der Waals surface area contributed by atoms with Gasteiger partial charge in [0.1, 0.15) is 0 Å². The van der Waals surface area contributed by atoms with E-state index in [0.29, 0.717) is 0 Å². The molecule has 0 aliphatic heterocycles. The van der Waals surface area contributed by atoms with Crippen LogP contribution in [-0.2, 0) is 13.1 Å². The fraction of sp³-hybridized carbons (Fsp3) is 0.154. The third kappa shape index (κ3) is 4.35. The van der Waals surface area contributed by atoms with E-state index in [-0.39, 0.29) is 12.4 Å². The molecule has 0 radical (unpaired) electrons. The molecule has 0 unspecified atom stereocenters. The molecular formula is C13H14Cl2N2. The summed E-state index contributed by atoms with van der Waals surface area (Å²) in [5, 5.41) is 4.16. The third-order valence-corrected chi connectivity index (χ3v) is 2.72. The van der Waals surface area contributed by atoms with Crippen LogP contribution in [0.2, 0.25) is 5.02 Å². The molecule has 0 amide bonds. The van der Waals surface area contributed by atoms with Crippen molar-refractivity contribution >= 4 is 24.0 Å². The first-order valence-corrected chi connectivity index (χ1v) is 5.57. The van der Waals surface area contributed by atoms with Crippen molar-refractivity contribution in [1.29, 1.82) is 0 Å². The van der Waals surface area contributed by atoms with Crippen molar-refractivity contribution in [2.75, 3.05) is 0 Å². The Morgan fingerprint density at radius 1 is 1.00 bits per heavy atom. The van der Waals surface area contributed by atoms with Crippen LogP contribution in [-0.4, -0.2) is 4.98 Å². The van der Waals surface area contributed by atoms with Crippen molar-refractivity contribution in [1.82, 2.24) is 10.3 Å².